The number of hydrogen-bond acceptors (Lipinski definition) is 3. The van der Waals surface area contributed by atoms with E-state index >= 15 is 0 Å². The van der Waals surface area contributed by atoms with Crippen LogP contribution < -0.4 is 5.32 Å². The smallest absolute Gasteiger partial charge is 0.222 e. The lowest BCUT2D eigenvalue weighted by Gasteiger charge is -2.23. The largest absolute Gasteiger partial charge is 0.341 e. The van der Waals surface area contributed by atoms with Crippen LogP contribution in [0.2, 0.25) is 0 Å². The number of likely N-dealkylation sites (tertiary alicyclic amines) is 1. The van der Waals surface area contributed by atoms with Gasteiger partial charge in [0.2, 0.25) is 5.91 Å². The minimum absolute atomic E-state index is 0.288. The lowest BCUT2D eigenvalue weighted by molar-refractivity contribution is -0.129. The van der Waals surface area contributed by atoms with E-state index in [2.05, 4.69) is 29.6 Å². The number of carbonyl (C=O) groups excluding carboxylic acids is 1. The molecule has 2 unspecified atom stereocenters. The van der Waals surface area contributed by atoms with Crippen molar-refractivity contribution in [1.29, 1.82) is 0 Å². The number of thioether (sulfide) groups is 1. The summed E-state index contributed by atoms with van der Waals surface area (Å²) in [4.78, 5) is 15.2. The number of nitrogens with zero attached hydrogens (tertiary/aromatic N) is 1. The summed E-state index contributed by atoms with van der Waals surface area (Å²) in [5.41, 5.74) is 1.44. The van der Waals surface area contributed by atoms with Gasteiger partial charge in [0.1, 0.15) is 0 Å². The molecule has 0 aliphatic carbocycles. The van der Waals surface area contributed by atoms with Gasteiger partial charge in [-0.05, 0) is 36.6 Å². The maximum atomic E-state index is 11.8. The zero-order valence-electron chi connectivity index (χ0n) is 12.7. The molecule has 0 radical (unpaired) electrons. The van der Waals surface area contributed by atoms with Crippen LogP contribution in [0.5, 0.6) is 0 Å². The van der Waals surface area contributed by atoms with Crippen molar-refractivity contribution >= 4 is 17.7 Å². The highest BCUT2D eigenvalue weighted by molar-refractivity contribution is 7.99. The van der Waals surface area contributed by atoms with Gasteiger partial charge in [-0.25, -0.2) is 0 Å². The molecule has 1 saturated heterocycles. The van der Waals surface area contributed by atoms with Gasteiger partial charge in [-0.15, -0.1) is 11.8 Å². The van der Waals surface area contributed by atoms with Crippen LogP contribution in [0.4, 0.5) is 0 Å². The number of nitrogens with one attached hydrogen (secondary N) is 1. The number of hydrogen-bond donors (Lipinski definition) is 1. The molecule has 0 saturated carbocycles. The molecule has 1 fully saturated rings. The molecule has 0 aromatic heterocycles. The first kappa shape index (κ1) is 14.9. The zero-order chi connectivity index (χ0) is 14.7. The Bertz CT molecular complexity index is 505. The third-order valence-electron chi connectivity index (χ3n) is 4.47. The van der Waals surface area contributed by atoms with E-state index in [1.54, 1.807) is 0 Å². The van der Waals surface area contributed by atoms with Gasteiger partial charge in [-0.3, -0.25) is 4.79 Å². The first-order chi connectivity index (χ1) is 10.3. The lowest BCUT2D eigenvalue weighted by atomic mass is 10.0. The molecule has 1 N–H and O–H groups in total. The lowest BCUT2D eigenvalue weighted by Crippen LogP contribution is -2.37. The molecular weight excluding hydrogens is 280 g/mol. The maximum Gasteiger partial charge on any atom is 0.222 e. The van der Waals surface area contributed by atoms with Gasteiger partial charge < -0.3 is 10.2 Å². The van der Waals surface area contributed by atoms with Gasteiger partial charge >= 0.3 is 0 Å². The SMILES string of the molecule is CCC(=O)N1CCC(NC2CCCSc3ccccc32)C1. The molecule has 1 amide bonds. The molecule has 2 aliphatic heterocycles. The fraction of sp³-hybridized carbons (Fsp3) is 0.588. The van der Waals surface area contributed by atoms with Crippen LogP contribution in [0.1, 0.15) is 44.2 Å². The number of amides is 1. The Hall–Kier alpha value is -1.00. The topological polar surface area (TPSA) is 32.3 Å². The summed E-state index contributed by atoms with van der Waals surface area (Å²) < 4.78 is 0. The highest BCUT2D eigenvalue weighted by Gasteiger charge is 2.28. The molecule has 21 heavy (non-hydrogen) atoms. The van der Waals surface area contributed by atoms with Gasteiger partial charge in [0.15, 0.2) is 0 Å². The van der Waals surface area contributed by atoms with Crippen LogP contribution in [0, 0.1) is 0 Å². The van der Waals surface area contributed by atoms with Crippen molar-refractivity contribution in [2.24, 2.45) is 0 Å². The summed E-state index contributed by atoms with van der Waals surface area (Å²) in [6.07, 6.45) is 4.15. The summed E-state index contributed by atoms with van der Waals surface area (Å²) >= 11 is 1.98. The van der Waals surface area contributed by atoms with Crippen LogP contribution >= 0.6 is 11.8 Å². The number of carbonyl (C=O) groups is 1. The second kappa shape index (κ2) is 6.84. The predicted octanol–water partition coefficient (Wildman–Crippen LogP) is 3.21. The van der Waals surface area contributed by atoms with Crippen molar-refractivity contribution in [3.63, 3.8) is 0 Å². The van der Waals surface area contributed by atoms with E-state index in [0.717, 1.165) is 19.5 Å². The number of fused-ring (bicyclic) bond motifs is 1. The summed E-state index contributed by atoms with van der Waals surface area (Å²) in [6.45, 7) is 3.73. The van der Waals surface area contributed by atoms with E-state index in [1.165, 1.54) is 29.1 Å². The number of rotatable bonds is 3. The molecule has 1 aromatic rings. The van der Waals surface area contributed by atoms with E-state index in [0.29, 0.717) is 18.5 Å². The summed E-state index contributed by atoms with van der Waals surface area (Å²) in [5.74, 6) is 1.50. The Kier molecular flexibility index (Phi) is 4.86. The second-order valence-corrected chi connectivity index (χ2v) is 7.06. The molecular formula is C17H24N2OS. The van der Waals surface area contributed by atoms with E-state index in [1.807, 2.05) is 23.6 Å². The third-order valence-corrected chi connectivity index (χ3v) is 5.65. The van der Waals surface area contributed by atoms with Crippen LogP contribution in [-0.4, -0.2) is 35.7 Å². The van der Waals surface area contributed by atoms with Crippen molar-refractivity contribution in [1.82, 2.24) is 10.2 Å². The first-order valence-electron chi connectivity index (χ1n) is 8.03. The summed E-state index contributed by atoms with van der Waals surface area (Å²) in [7, 11) is 0. The average Bonchev–Trinajstić information content (AvgIpc) is 2.89. The van der Waals surface area contributed by atoms with E-state index < -0.39 is 0 Å². The Labute approximate surface area is 131 Å². The van der Waals surface area contributed by atoms with Gasteiger partial charge in [-0.1, -0.05) is 25.1 Å². The average molecular weight is 304 g/mol. The molecule has 114 valence electrons. The van der Waals surface area contributed by atoms with E-state index in [4.69, 9.17) is 0 Å². The Morgan fingerprint density at radius 3 is 3.10 bits per heavy atom. The normalized spacial score (nSPS) is 25.5. The number of benzene rings is 1. The maximum absolute atomic E-state index is 11.8. The van der Waals surface area contributed by atoms with Crippen molar-refractivity contribution in [2.75, 3.05) is 18.8 Å². The third kappa shape index (κ3) is 3.43. The van der Waals surface area contributed by atoms with Crippen LogP contribution in [0.3, 0.4) is 0 Å². The van der Waals surface area contributed by atoms with E-state index in [-0.39, 0.29) is 5.91 Å². The first-order valence-corrected chi connectivity index (χ1v) is 9.02. The molecule has 2 aliphatic rings. The molecule has 4 heteroatoms. The summed E-state index contributed by atoms with van der Waals surface area (Å²) in [6, 6.07) is 9.66. The highest BCUT2D eigenvalue weighted by Crippen LogP contribution is 2.35. The van der Waals surface area contributed by atoms with Gasteiger partial charge in [-0.2, -0.15) is 0 Å². The Morgan fingerprint density at radius 1 is 1.38 bits per heavy atom. The monoisotopic (exact) mass is 304 g/mol. The van der Waals surface area contributed by atoms with Gasteiger partial charge in [0.05, 0.1) is 0 Å². The molecule has 0 spiro atoms. The molecule has 0 bridgehead atoms. The Balaban J connectivity index is 1.67. The van der Waals surface area contributed by atoms with Gasteiger partial charge in [0.25, 0.3) is 0 Å². The molecule has 3 nitrogen and oxygen atoms in total. The molecule has 3 rings (SSSR count). The summed E-state index contributed by atoms with van der Waals surface area (Å²) in [5, 5.41) is 3.82. The van der Waals surface area contributed by atoms with Crippen molar-refractivity contribution in [3.8, 4) is 0 Å². The minimum atomic E-state index is 0.288. The van der Waals surface area contributed by atoms with Crippen molar-refractivity contribution < 1.29 is 4.79 Å². The Morgan fingerprint density at radius 2 is 2.24 bits per heavy atom. The standard InChI is InChI=1S/C17H24N2OS/c1-2-17(20)19-10-9-13(12-19)18-15-7-5-11-21-16-8-4-3-6-14(15)16/h3-4,6,8,13,15,18H,2,5,7,9-12H2,1H3. The van der Waals surface area contributed by atoms with Crippen LogP contribution in [-0.2, 0) is 4.79 Å². The minimum Gasteiger partial charge on any atom is -0.341 e. The molecule has 1 aromatic carbocycles. The van der Waals surface area contributed by atoms with Gasteiger partial charge in [0, 0.05) is 36.5 Å². The van der Waals surface area contributed by atoms with Crippen molar-refractivity contribution in [3.05, 3.63) is 29.8 Å². The quantitative estimate of drug-likeness (QED) is 0.930. The van der Waals surface area contributed by atoms with E-state index in [9.17, 15) is 4.79 Å². The van der Waals surface area contributed by atoms with Crippen molar-refractivity contribution in [2.45, 2.75) is 49.6 Å². The molecule has 2 atom stereocenters. The van der Waals surface area contributed by atoms with Crippen LogP contribution in [0.25, 0.3) is 0 Å². The fourth-order valence-electron chi connectivity index (χ4n) is 3.33. The van der Waals surface area contributed by atoms with Crippen LogP contribution in [0.15, 0.2) is 29.2 Å². The zero-order valence-corrected chi connectivity index (χ0v) is 13.5. The molecule has 2 heterocycles. The fourth-order valence-corrected chi connectivity index (χ4v) is 4.41. The highest BCUT2D eigenvalue weighted by atomic mass is 32.2. The predicted molar refractivity (Wildman–Crippen MR) is 87.6 cm³/mol. The second-order valence-electron chi connectivity index (χ2n) is 5.93.